The maximum atomic E-state index is 12.7. The van der Waals surface area contributed by atoms with E-state index >= 15 is 0 Å². The number of anilines is 1. The number of carbonyl (C=O) groups is 2. The standard InChI is InChI=1S/C20H31N3O3/c1-14(2)11-22(12-15(3)4)20(25)21-16-9-19(24)23(13-16)17-7-6-8-18(10-17)26-5/h6-8,10,14-16H,9,11-13H2,1-5H3,(H,21,25). The molecule has 1 unspecified atom stereocenters. The molecule has 6 nitrogen and oxygen atoms in total. The van der Waals surface area contributed by atoms with Crippen LogP contribution in [0.3, 0.4) is 0 Å². The van der Waals surface area contributed by atoms with Crippen LogP contribution in [0.2, 0.25) is 0 Å². The van der Waals surface area contributed by atoms with Crippen LogP contribution in [-0.2, 0) is 4.79 Å². The van der Waals surface area contributed by atoms with E-state index in [0.29, 0.717) is 43.6 Å². The Morgan fingerprint density at radius 1 is 1.27 bits per heavy atom. The Hall–Kier alpha value is -2.24. The lowest BCUT2D eigenvalue weighted by Gasteiger charge is -2.28. The number of benzene rings is 1. The Morgan fingerprint density at radius 3 is 2.50 bits per heavy atom. The molecule has 1 N–H and O–H groups in total. The number of methoxy groups -OCH3 is 1. The van der Waals surface area contributed by atoms with E-state index in [-0.39, 0.29) is 18.0 Å². The minimum absolute atomic E-state index is 0.0165. The van der Waals surface area contributed by atoms with Gasteiger partial charge < -0.3 is 19.9 Å². The van der Waals surface area contributed by atoms with Gasteiger partial charge >= 0.3 is 6.03 Å². The molecule has 0 bridgehead atoms. The van der Waals surface area contributed by atoms with Crippen LogP contribution in [0.5, 0.6) is 5.75 Å². The summed E-state index contributed by atoms with van der Waals surface area (Å²) < 4.78 is 5.23. The van der Waals surface area contributed by atoms with Gasteiger partial charge in [0, 0.05) is 37.8 Å². The topological polar surface area (TPSA) is 61.9 Å². The molecule has 1 saturated heterocycles. The Morgan fingerprint density at radius 2 is 1.92 bits per heavy atom. The van der Waals surface area contributed by atoms with Crippen molar-refractivity contribution < 1.29 is 14.3 Å². The van der Waals surface area contributed by atoms with Gasteiger partial charge in [-0.05, 0) is 24.0 Å². The Kier molecular flexibility index (Phi) is 6.89. The minimum atomic E-state index is -0.178. The average molecular weight is 361 g/mol. The van der Waals surface area contributed by atoms with E-state index in [0.717, 1.165) is 5.69 Å². The van der Waals surface area contributed by atoms with Crippen LogP contribution < -0.4 is 15.0 Å². The molecule has 0 radical (unpaired) electrons. The lowest BCUT2D eigenvalue weighted by atomic mass is 10.1. The first-order chi connectivity index (χ1) is 12.3. The zero-order valence-corrected chi connectivity index (χ0v) is 16.5. The zero-order chi connectivity index (χ0) is 19.3. The summed E-state index contributed by atoms with van der Waals surface area (Å²) in [7, 11) is 1.60. The van der Waals surface area contributed by atoms with E-state index in [9.17, 15) is 9.59 Å². The van der Waals surface area contributed by atoms with Crippen molar-refractivity contribution in [2.75, 3.05) is 31.6 Å². The molecule has 1 atom stereocenters. The predicted octanol–water partition coefficient (Wildman–Crippen LogP) is 3.12. The highest BCUT2D eigenvalue weighted by molar-refractivity contribution is 5.97. The van der Waals surface area contributed by atoms with Crippen LogP contribution >= 0.6 is 0 Å². The van der Waals surface area contributed by atoms with E-state index in [1.165, 1.54) is 0 Å². The second kappa shape index (κ2) is 8.92. The number of amides is 3. The van der Waals surface area contributed by atoms with Crippen molar-refractivity contribution in [2.45, 2.75) is 40.2 Å². The largest absolute Gasteiger partial charge is 0.497 e. The first-order valence-corrected chi connectivity index (χ1v) is 9.30. The predicted molar refractivity (Wildman–Crippen MR) is 104 cm³/mol. The molecule has 1 aromatic carbocycles. The van der Waals surface area contributed by atoms with Crippen molar-refractivity contribution in [3.05, 3.63) is 24.3 Å². The number of rotatable bonds is 7. The minimum Gasteiger partial charge on any atom is -0.497 e. The molecule has 0 aliphatic carbocycles. The number of urea groups is 1. The third-order valence-corrected chi connectivity index (χ3v) is 4.28. The molecule has 0 saturated carbocycles. The summed E-state index contributed by atoms with van der Waals surface area (Å²) >= 11 is 0. The van der Waals surface area contributed by atoms with E-state index in [2.05, 4.69) is 33.0 Å². The fraction of sp³-hybridized carbons (Fsp3) is 0.600. The maximum absolute atomic E-state index is 12.7. The van der Waals surface area contributed by atoms with Gasteiger partial charge in [-0.15, -0.1) is 0 Å². The van der Waals surface area contributed by atoms with Gasteiger partial charge in [0.15, 0.2) is 0 Å². The lowest BCUT2D eigenvalue weighted by molar-refractivity contribution is -0.117. The molecule has 3 amide bonds. The van der Waals surface area contributed by atoms with Crippen molar-refractivity contribution in [1.82, 2.24) is 10.2 Å². The van der Waals surface area contributed by atoms with Crippen LogP contribution in [-0.4, -0.2) is 49.6 Å². The SMILES string of the molecule is COc1cccc(N2CC(NC(=O)N(CC(C)C)CC(C)C)CC2=O)c1. The first-order valence-electron chi connectivity index (χ1n) is 9.30. The molecule has 6 heteroatoms. The third kappa shape index (κ3) is 5.38. The van der Waals surface area contributed by atoms with Gasteiger partial charge in [-0.25, -0.2) is 4.79 Å². The van der Waals surface area contributed by atoms with E-state index < -0.39 is 0 Å². The summed E-state index contributed by atoms with van der Waals surface area (Å²) in [5.41, 5.74) is 0.798. The molecule has 1 heterocycles. The normalized spacial score (nSPS) is 17.1. The van der Waals surface area contributed by atoms with Crippen molar-refractivity contribution in [3.8, 4) is 5.75 Å². The highest BCUT2D eigenvalue weighted by Crippen LogP contribution is 2.25. The fourth-order valence-corrected chi connectivity index (χ4v) is 3.22. The van der Waals surface area contributed by atoms with Crippen molar-refractivity contribution in [3.63, 3.8) is 0 Å². The van der Waals surface area contributed by atoms with Gasteiger partial charge in [0.05, 0.1) is 13.2 Å². The van der Waals surface area contributed by atoms with Crippen LogP contribution in [0, 0.1) is 11.8 Å². The quantitative estimate of drug-likeness (QED) is 0.812. The fourth-order valence-electron chi connectivity index (χ4n) is 3.22. The first kappa shape index (κ1) is 20.1. The van der Waals surface area contributed by atoms with E-state index in [4.69, 9.17) is 4.74 Å². The number of nitrogens with zero attached hydrogens (tertiary/aromatic N) is 2. The molecule has 26 heavy (non-hydrogen) atoms. The third-order valence-electron chi connectivity index (χ3n) is 4.28. The summed E-state index contributed by atoms with van der Waals surface area (Å²) in [6.45, 7) is 10.3. The summed E-state index contributed by atoms with van der Waals surface area (Å²) in [5, 5.41) is 3.04. The number of nitrogens with one attached hydrogen (secondary N) is 1. The number of ether oxygens (including phenoxy) is 1. The lowest BCUT2D eigenvalue weighted by Crippen LogP contribution is -2.48. The molecule has 144 valence electrons. The molecule has 0 spiro atoms. The van der Waals surface area contributed by atoms with E-state index in [1.54, 1.807) is 12.0 Å². The Labute approximate surface area is 156 Å². The molecular formula is C20H31N3O3. The number of hydrogen-bond donors (Lipinski definition) is 1. The maximum Gasteiger partial charge on any atom is 0.317 e. The van der Waals surface area contributed by atoms with Gasteiger partial charge in [-0.3, -0.25) is 4.79 Å². The second-order valence-corrected chi connectivity index (χ2v) is 7.75. The second-order valence-electron chi connectivity index (χ2n) is 7.75. The molecule has 1 fully saturated rings. The summed E-state index contributed by atoms with van der Waals surface area (Å²) in [6.07, 6.45) is 0.320. The summed E-state index contributed by atoms with van der Waals surface area (Å²) in [5.74, 6) is 1.53. The van der Waals surface area contributed by atoms with Crippen LogP contribution in [0.4, 0.5) is 10.5 Å². The highest BCUT2D eigenvalue weighted by atomic mass is 16.5. The molecule has 0 aromatic heterocycles. The number of carbonyl (C=O) groups excluding carboxylic acids is 2. The molecule has 1 aliphatic heterocycles. The van der Waals surface area contributed by atoms with Gasteiger partial charge in [0.2, 0.25) is 5.91 Å². The summed E-state index contributed by atoms with van der Waals surface area (Å²) in [6, 6.07) is 7.17. The summed E-state index contributed by atoms with van der Waals surface area (Å²) in [4.78, 5) is 28.7. The van der Waals surface area contributed by atoms with Gasteiger partial charge in [-0.1, -0.05) is 33.8 Å². The van der Waals surface area contributed by atoms with Gasteiger partial charge in [0.1, 0.15) is 5.75 Å². The van der Waals surface area contributed by atoms with Crippen molar-refractivity contribution in [1.29, 1.82) is 0 Å². The van der Waals surface area contributed by atoms with E-state index in [1.807, 2.05) is 29.2 Å². The van der Waals surface area contributed by atoms with Crippen LogP contribution in [0.25, 0.3) is 0 Å². The van der Waals surface area contributed by atoms with Crippen LogP contribution in [0.1, 0.15) is 34.1 Å². The van der Waals surface area contributed by atoms with Gasteiger partial charge in [-0.2, -0.15) is 0 Å². The monoisotopic (exact) mass is 361 g/mol. The van der Waals surface area contributed by atoms with Crippen LogP contribution in [0.15, 0.2) is 24.3 Å². The molecule has 1 aliphatic rings. The molecule has 2 rings (SSSR count). The Balaban J connectivity index is 2.01. The highest BCUT2D eigenvalue weighted by Gasteiger charge is 2.32. The van der Waals surface area contributed by atoms with Gasteiger partial charge in [0.25, 0.3) is 0 Å². The zero-order valence-electron chi connectivity index (χ0n) is 16.5. The molecular weight excluding hydrogens is 330 g/mol. The van der Waals surface area contributed by atoms with Crippen molar-refractivity contribution >= 4 is 17.6 Å². The average Bonchev–Trinajstić information content (AvgIpc) is 2.93. The van der Waals surface area contributed by atoms with Crippen molar-refractivity contribution in [2.24, 2.45) is 11.8 Å². The number of hydrogen-bond acceptors (Lipinski definition) is 3. The smallest absolute Gasteiger partial charge is 0.317 e. The Bertz CT molecular complexity index is 620. The molecule has 1 aromatic rings.